The molecular weight excluding hydrogens is 1310 g/mol. The first-order chi connectivity index (χ1) is 50.1. The number of nitriles is 1. The number of hydrogen-bond donors (Lipinski definition) is 0. The van der Waals surface area contributed by atoms with Crippen LogP contribution in [0.5, 0.6) is 11.5 Å². The standard InChI is InChI=1S/C83H120NO17P/c1-5-7-9-11-13-15-17-19-21-23-25-27-38-47-76(85)92-64-75(100-77(86)48-39-28-26-24-22-20-18-16-14-12-10-8-6-2)65-99-102(87,98-58-40-57-84)101-83-81(96-66-90-59-68-41-32-29-33-42-68)79(93-61-70-45-36-31-37-46-70)78(94-62-71-49-53-73(88-3)54-50-71)80(95-63-72-51-55-74(89-4)56-52-72)82(83)97-67-91-60-69-43-34-30-35-44-69/h29-37,41-46,49-56,75,78-83H,5-28,38-40,47-48,58-67H2,1-4H3/t75-,78+,79+,80-,81-,82-,83?,102?/m1/s1. The van der Waals surface area contributed by atoms with Crippen LogP contribution in [0.15, 0.2) is 140 Å². The lowest BCUT2D eigenvalue weighted by molar-refractivity contribution is -0.296. The van der Waals surface area contributed by atoms with Crippen LogP contribution in [0, 0.1) is 11.3 Å². The molecular formula is C83H120NO17P. The molecule has 5 aromatic rings. The summed E-state index contributed by atoms with van der Waals surface area (Å²) in [7, 11) is -1.82. The fourth-order valence-electron chi connectivity index (χ4n) is 12.3. The average molecular weight is 1430 g/mol. The first kappa shape index (κ1) is 84.9. The molecule has 1 saturated carbocycles. The molecule has 18 nitrogen and oxygen atoms in total. The van der Waals surface area contributed by atoms with Gasteiger partial charge in [0, 0.05) is 12.8 Å². The zero-order chi connectivity index (χ0) is 72.2. The van der Waals surface area contributed by atoms with Crippen LogP contribution in [-0.4, -0.2) is 102 Å². The van der Waals surface area contributed by atoms with E-state index in [-0.39, 0.29) is 65.9 Å². The Morgan fingerprint density at radius 1 is 0.402 bits per heavy atom. The highest BCUT2D eigenvalue weighted by Crippen LogP contribution is 2.54. The van der Waals surface area contributed by atoms with Crippen LogP contribution >= 0.6 is 7.82 Å². The van der Waals surface area contributed by atoms with E-state index in [1.54, 1.807) is 14.2 Å². The minimum Gasteiger partial charge on any atom is -0.497 e. The minimum absolute atomic E-state index is 0.00287. The van der Waals surface area contributed by atoms with Crippen molar-refractivity contribution < 1.29 is 79.8 Å². The summed E-state index contributed by atoms with van der Waals surface area (Å²) in [5, 5.41) is 9.94. The molecule has 0 radical (unpaired) electrons. The van der Waals surface area contributed by atoms with Gasteiger partial charge >= 0.3 is 19.8 Å². The molecule has 1 fully saturated rings. The lowest BCUT2D eigenvalue weighted by Crippen LogP contribution is -2.67. The number of carbonyl (C=O) groups excluding carboxylic acids is 2. The van der Waals surface area contributed by atoms with Crippen LogP contribution in [0.3, 0.4) is 0 Å². The Labute approximate surface area is 610 Å². The molecule has 0 saturated heterocycles. The highest BCUT2D eigenvalue weighted by atomic mass is 31.2. The highest BCUT2D eigenvalue weighted by molar-refractivity contribution is 7.48. The largest absolute Gasteiger partial charge is 0.497 e. The number of methoxy groups -OCH3 is 2. The SMILES string of the molecule is CCCCCCCCCCCCCCCC(=O)OC[C@H](COP(=O)(OCCC#N)OC1[C@H](OCOCc2ccccc2)[C@H](OCc2ccc(OC)cc2)[C@@H](OCc2ccc(OC)cc2)[C@H](OCc2ccccc2)[C@H]1OCOCc1ccccc1)OC(=O)CCCCCCCCCCCCCCC. The number of hydrogen-bond acceptors (Lipinski definition) is 18. The molecule has 0 N–H and O–H groups in total. The number of benzene rings is 5. The molecule has 6 rings (SSSR count). The van der Waals surface area contributed by atoms with Crippen LogP contribution in [0.2, 0.25) is 0 Å². The van der Waals surface area contributed by atoms with Crippen LogP contribution in [0.4, 0.5) is 0 Å². The molecule has 0 heterocycles. The molecule has 0 amide bonds. The molecule has 5 aromatic carbocycles. The van der Waals surface area contributed by atoms with E-state index >= 15 is 4.57 Å². The Morgan fingerprint density at radius 2 is 0.745 bits per heavy atom. The molecule has 1 aliphatic carbocycles. The number of phosphoric ester groups is 1. The van der Waals surface area contributed by atoms with Gasteiger partial charge in [-0.05, 0) is 64.9 Å². The summed E-state index contributed by atoms with van der Waals surface area (Å²) in [6.07, 6.45) is 21.3. The number of phosphoric acid groups is 1. The normalized spacial score (nSPS) is 17.5. The third kappa shape index (κ3) is 35.6. The van der Waals surface area contributed by atoms with Crippen LogP contribution < -0.4 is 9.47 Å². The number of esters is 2. The maximum Gasteiger partial charge on any atom is 0.475 e. The Morgan fingerprint density at radius 3 is 1.12 bits per heavy atom. The van der Waals surface area contributed by atoms with Crippen LogP contribution in [0.25, 0.3) is 0 Å². The summed E-state index contributed by atoms with van der Waals surface area (Å²) in [5.74, 6) is 0.316. The van der Waals surface area contributed by atoms with E-state index < -0.39 is 82.3 Å². The van der Waals surface area contributed by atoms with Crippen molar-refractivity contribution >= 4 is 19.8 Å². The maximum atomic E-state index is 16.1. The molecule has 2 unspecified atom stereocenters. The van der Waals surface area contributed by atoms with Crippen molar-refractivity contribution in [3.05, 3.63) is 167 Å². The van der Waals surface area contributed by atoms with E-state index in [4.69, 9.17) is 65.7 Å². The summed E-state index contributed by atoms with van der Waals surface area (Å²) in [6.45, 7) is 2.80. The molecule has 8 atom stereocenters. The van der Waals surface area contributed by atoms with Gasteiger partial charge in [0.15, 0.2) is 6.10 Å². The van der Waals surface area contributed by atoms with Gasteiger partial charge in [-0.25, -0.2) is 4.57 Å². The number of ether oxygens (including phenoxy) is 11. The van der Waals surface area contributed by atoms with Gasteiger partial charge in [0.1, 0.15) is 68.3 Å². The second kappa shape index (κ2) is 53.7. The quantitative estimate of drug-likeness (QED) is 0.0154. The second-order valence-corrected chi connectivity index (χ2v) is 28.1. The van der Waals surface area contributed by atoms with E-state index in [9.17, 15) is 14.9 Å². The van der Waals surface area contributed by atoms with Gasteiger partial charge < -0.3 is 52.1 Å². The van der Waals surface area contributed by atoms with Gasteiger partial charge in [-0.2, -0.15) is 5.26 Å². The summed E-state index contributed by atoms with van der Waals surface area (Å²) < 4.78 is 106. The lowest BCUT2D eigenvalue weighted by Gasteiger charge is -2.49. The third-order valence-electron chi connectivity index (χ3n) is 18.2. The third-order valence-corrected chi connectivity index (χ3v) is 19.6. The lowest BCUT2D eigenvalue weighted by atomic mass is 9.83. The molecule has 0 aromatic heterocycles. The summed E-state index contributed by atoms with van der Waals surface area (Å²) in [6, 6.07) is 45.8. The molecule has 0 aliphatic heterocycles. The first-order valence-corrected chi connectivity index (χ1v) is 39.5. The molecule has 1 aliphatic rings. The summed E-state index contributed by atoms with van der Waals surface area (Å²) >= 11 is 0. The smallest absolute Gasteiger partial charge is 0.475 e. The number of unbranched alkanes of at least 4 members (excludes halogenated alkanes) is 24. The van der Waals surface area contributed by atoms with Crippen molar-refractivity contribution in [2.24, 2.45) is 0 Å². The minimum atomic E-state index is -5.01. The van der Waals surface area contributed by atoms with Crippen molar-refractivity contribution in [1.82, 2.24) is 0 Å². The van der Waals surface area contributed by atoms with E-state index in [1.165, 1.54) is 109 Å². The predicted octanol–water partition coefficient (Wildman–Crippen LogP) is 19.8. The van der Waals surface area contributed by atoms with Crippen molar-refractivity contribution in [3.63, 3.8) is 0 Å². The van der Waals surface area contributed by atoms with Crippen LogP contribution in [0.1, 0.15) is 228 Å². The van der Waals surface area contributed by atoms with E-state index in [1.807, 2.05) is 140 Å². The van der Waals surface area contributed by atoms with Gasteiger partial charge in [0.2, 0.25) is 0 Å². The van der Waals surface area contributed by atoms with Crippen molar-refractivity contribution in [1.29, 1.82) is 5.26 Å². The Balaban J connectivity index is 1.31. The number of rotatable bonds is 60. The maximum absolute atomic E-state index is 16.1. The van der Waals surface area contributed by atoms with Gasteiger partial charge in [-0.1, -0.05) is 283 Å². The van der Waals surface area contributed by atoms with Gasteiger partial charge in [-0.3, -0.25) is 23.2 Å². The van der Waals surface area contributed by atoms with E-state index in [2.05, 4.69) is 19.9 Å². The van der Waals surface area contributed by atoms with E-state index in [0.29, 0.717) is 24.3 Å². The topological polar surface area (TPSA) is 204 Å². The number of carbonyl (C=O) groups is 2. The summed E-state index contributed by atoms with van der Waals surface area (Å²) in [5.41, 5.74) is 4.15. The van der Waals surface area contributed by atoms with Crippen molar-refractivity contribution in [3.8, 4) is 17.6 Å². The van der Waals surface area contributed by atoms with Crippen LogP contribution in [-0.2, 0) is 103 Å². The molecule has 564 valence electrons. The Kier molecular flexibility index (Phi) is 44.7. The first-order valence-electron chi connectivity index (χ1n) is 38.0. The highest BCUT2D eigenvalue weighted by Gasteiger charge is 2.57. The molecule has 102 heavy (non-hydrogen) atoms. The Bertz CT molecular complexity index is 3000. The predicted molar refractivity (Wildman–Crippen MR) is 396 cm³/mol. The second-order valence-electron chi connectivity index (χ2n) is 26.5. The zero-order valence-corrected chi connectivity index (χ0v) is 62.6. The average Bonchev–Trinajstić information content (AvgIpc) is 0.758. The molecule has 19 heteroatoms. The summed E-state index contributed by atoms with van der Waals surface area (Å²) in [4.78, 5) is 27.5. The van der Waals surface area contributed by atoms with Gasteiger partial charge in [-0.15, -0.1) is 0 Å². The monoisotopic (exact) mass is 1430 g/mol. The van der Waals surface area contributed by atoms with Gasteiger partial charge in [0.25, 0.3) is 0 Å². The number of nitrogens with zero attached hydrogens (tertiary/aromatic N) is 1. The zero-order valence-electron chi connectivity index (χ0n) is 61.7. The molecule has 0 spiro atoms. The van der Waals surface area contributed by atoms with Crippen molar-refractivity contribution in [2.45, 2.75) is 276 Å². The molecule has 0 bridgehead atoms. The fourth-order valence-corrected chi connectivity index (χ4v) is 13.7. The fraction of sp³-hybridized carbons (Fsp3) is 0.602. The van der Waals surface area contributed by atoms with Gasteiger partial charge in [0.05, 0.1) is 73.0 Å². The van der Waals surface area contributed by atoms with Crippen molar-refractivity contribution in [2.75, 3.05) is 47.6 Å². The Hall–Kier alpha value is -6.04. The van der Waals surface area contributed by atoms with E-state index in [0.717, 1.165) is 72.8 Å².